The topological polar surface area (TPSA) is 81.2 Å². The van der Waals surface area contributed by atoms with Crippen molar-refractivity contribution < 1.29 is 13.6 Å². The summed E-state index contributed by atoms with van der Waals surface area (Å²) in [5.74, 6) is 0.873. The number of aromatic nitrogens is 2. The van der Waals surface area contributed by atoms with Crippen molar-refractivity contribution in [3.05, 3.63) is 43.3 Å². The van der Waals surface area contributed by atoms with E-state index in [9.17, 15) is 4.79 Å². The summed E-state index contributed by atoms with van der Waals surface area (Å²) in [5, 5.41) is 2.80. The first-order chi connectivity index (χ1) is 10.8. The molecule has 1 N–H and O–H groups in total. The van der Waals surface area contributed by atoms with Crippen molar-refractivity contribution >= 4 is 11.7 Å². The Morgan fingerprint density at radius 3 is 2.50 bits per heavy atom. The van der Waals surface area contributed by atoms with Crippen LogP contribution in [-0.4, -0.2) is 15.9 Å². The molecule has 0 aliphatic heterocycles. The molecule has 3 aromatic heterocycles. The molecule has 0 spiro atoms. The van der Waals surface area contributed by atoms with E-state index in [0.717, 1.165) is 17.5 Å². The van der Waals surface area contributed by atoms with Gasteiger partial charge in [0.1, 0.15) is 12.1 Å². The number of nitrogens with one attached hydrogen (secondary N) is 1. The number of rotatable bonds is 5. The summed E-state index contributed by atoms with van der Waals surface area (Å²) in [6, 6.07) is 5.30. The van der Waals surface area contributed by atoms with E-state index in [-0.39, 0.29) is 5.91 Å². The Kier molecular flexibility index (Phi) is 4.00. The molecule has 3 aromatic rings. The fraction of sp³-hybridized carbons (Fsp3) is 0.188. The minimum absolute atomic E-state index is 0.0718. The predicted molar refractivity (Wildman–Crippen MR) is 81.0 cm³/mol. The van der Waals surface area contributed by atoms with E-state index < -0.39 is 0 Å². The van der Waals surface area contributed by atoms with E-state index in [0.29, 0.717) is 23.8 Å². The molecule has 0 saturated carbocycles. The molecule has 0 atom stereocenters. The van der Waals surface area contributed by atoms with E-state index in [2.05, 4.69) is 15.3 Å². The van der Waals surface area contributed by atoms with Gasteiger partial charge >= 0.3 is 0 Å². The normalized spacial score (nSPS) is 10.6. The van der Waals surface area contributed by atoms with Crippen LogP contribution in [0, 0.1) is 0 Å². The van der Waals surface area contributed by atoms with Crippen molar-refractivity contribution in [2.45, 2.75) is 19.8 Å². The third-order valence-electron chi connectivity index (χ3n) is 3.07. The van der Waals surface area contributed by atoms with Crippen LogP contribution in [0.15, 0.2) is 52.1 Å². The van der Waals surface area contributed by atoms with Gasteiger partial charge in [-0.25, -0.2) is 9.97 Å². The Morgan fingerprint density at radius 2 is 1.86 bits per heavy atom. The molecule has 0 radical (unpaired) electrons. The monoisotopic (exact) mass is 297 g/mol. The first-order valence-electron chi connectivity index (χ1n) is 7.00. The van der Waals surface area contributed by atoms with Crippen LogP contribution < -0.4 is 5.32 Å². The second-order valence-corrected chi connectivity index (χ2v) is 4.78. The summed E-state index contributed by atoms with van der Waals surface area (Å²) in [7, 11) is 0. The first-order valence-corrected chi connectivity index (χ1v) is 7.00. The van der Waals surface area contributed by atoms with Crippen LogP contribution in [0.4, 0.5) is 5.82 Å². The Morgan fingerprint density at radius 1 is 1.14 bits per heavy atom. The lowest BCUT2D eigenvalue weighted by Crippen LogP contribution is -2.12. The van der Waals surface area contributed by atoms with Gasteiger partial charge in [-0.05, 0) is 18.6 Å². The van der Waals surface area contributed by atoms with Crippen LogP contribution in [0.5, 0.6) is 0 Å². The molecule has 0 aromatic carbocycles. The summed E-state index contributed by atoms with van der Waals surface area (Å²) in [4.78, 5) is 20.7. The maximum atomic E-state index is 11.8. The number of carbonyl (C=O) groups is 1. The summed E-state index contributed by atoms with van der Waals surface area (Å²) in [6.45, 7) is 1.95. The van der Waals surface area contributed by atoms with Crippen LogP contribution in [0.1, 0.15) is 19.8 Å². The first kappa shape index (κ1) is 14.1. The molecule has 3 heterocycles. The van der Waals surface area contributed by atoms with Crippen LogP contribution in [0.2, 0.25) is 0 Å². The summed E-state index contributed by atoms with van der Waals surface area (Å²) < 4.78 is 10.2. The molecule has 0 unspecified atom stereocenters. The van der Waals surface area contributed by atoms with Gasteiger partial charge in [0.2, 0.25) is 5.91 Å². The molecular weight excluding hydrogens is 282 g/mol. The zero-order valence-corrected chi connectivity index (χ0v) is 12.1. The van der Waals surface area contributed by atoms with E-state index >= 15 is 0 Å². The molecule has 3 rings (SSSR count). The fourth-order valence-corrected chi connectivity index (χ4v) is 2.02. The Balaban J connectivity index is 2.00. The number of hydrogen-bond acceptors (Lipinski definition) is 5. The molecule has 112 valence electrons. The number of nitrogens with zero attached hydrogens (tertiary/aromatic N) is 2. The highest BCUT2D eigenvalue weighted by atomic mass is 16.3. The lowest BCUT2D eigenvalue weighted by Gasteiger charge is -2.07. The van der Waals surface area contributed by atoms with Crippen molar-refractivity contribution in [2.24, 2.45) is 0 Å². The molecule has 0 saturated heterocycles. The lowest BCUT2D eigenvalue weighted by atomic mass is 10.2. The number of hydrogen-bond donors (Lipinski definition) is 1. The van der Waals surface area contributed by atoms with E-state index in [1.54, 1.807) is 43.3 Å². The minimum Gasteiger partial charge on any atom is -0.472 e. The molecule has 6 heteroatoms. The quantitative estimate of drug-likeness (QED) is 0.776. The molecule has 0 fully saturated rings. The van der Waals surface area contributed by atoms with Crippen molar-refractivity contribution in [1.82, 2.24) is 9.97 Å². The number of furan rings is 2. The van der Waals surface area contributed by atoms with Gasteiger partial charge in [0.25, 0.3) is 0 Å². The van der Waals surface area contributed by atoms with E-state index in [1.807, 2.05) is 6.92 Å². The van der Waals surface area contributed by atoms with Gasteiger partial charge in [-0.1, -0.05) is 6.92 Å². The minimum atomic E-state index is -0.0718. The van der Waals surface area contributed by atoms with Crippen molar-refractivity contribution in [3.8, 4) is 22.6 Å². The average Bonchev–Trinajstić information content (AvgIpc) is 3.21. The van der Waals surface area contributed by atoms with E-state index in [1.165, 1.54) is 0 Å². The molecule has 1 amide bonds. The number of amides is 1. The van der Waals surface area contributed by atoms with Gasteiger partial charge in [0, 0.05) is 18.1 Å². The summed E-state index contributed by atoms with van der Waals surface area (Å²) in [6.07, 6.45) is 7.51. The molecule has 0 aliphatic rings. The van der Waals surface area contributed by atoms with Crippen LogP contribution in [-0.2, 0) is 4.79 Å². The Bertz CT molecular complexity index is 697. The smallest absolute Gasteiger partial charge is 0.225 e. The SMILES string of the molecule is CCCC(=O)Nc1cc(-c2ccoc2)nc(-c2ccoc2)n1. The third-order valence-corrected chi connectivity index (χ3v) is 3.07. The predicted octanol–water partition coefficient (Wildman–Crippen LogP) is 3.74. The third kappa shape index (κ3) is 3.06. The van der Waals surface area contributed by atoms with Crippen LogP contribution in [0.25, 0.3) is 22.6 Å². The zero-order valence-electron chi connectivity index (χ0n) is 12.1. The maximum Gasteiger partial charge on any atom is 0.225 e. The van der Waals surface area contributed by atoms with Crippen molar-refractivity contribution in [1.29, 1.82) is 0 Å². The summed E-state index contributed by atoms with van der Waals surface area (Å²) >= 11 is 0. The van der Waals surface area contributed by atoms with Gasteiger partial charge in [-0.15, -0.1) is 0 Å². The molecule has 6 nitrogen and oxygen atoms in total. The van der Waals surface area contributed by atoms with Gasteiger partial charge in [0.05, 0.1) is 30.0 Å². The van der Waals surface area contributed by atoms with Gasteiger partial charge in [-0.2, -0.15) is 0 Å². The van der Waals surface area contributed by atoms with Crippen LogP contribution in [0.3, 0.4) is 0 Å². The zero-order chi connectivity index (χ0) is 15.4. The highest BCUT2D eigenvalue weighted by molar-refractivity contribution is 5.90. The summed E-state index contributed by atoms with van der Waals surface area (Å²) in [5.41, 5.74) is 2.24. The maximum absolute atomic E-state index is 11.8. The van der Waals surface area contributed by atoms with Gasteiger partial charge in [0.15, 0.2) is 5.82 Å². The van der Waals surface area contributed by atoms with Gasteiger partial charge < -0.3 is 14.2 Å². The molecule has 0 bridgehead atoms. The van der Waals surface area contributed by atoms with Gasteiger partial charge in [-0.3, -0.25) is 4.79 Å². The largest absolute Gasteiger partial charge is 0.472 e. The highest BCUT2D eigenvalue weighted by Gasteiger charge is 2.12. The van der Waals surface area contributed by atoms with Crippen LogP contribution >= 0.6 is 0 Å². The van der Waals surface area contributed by atoms with Crippen molar-refractivity contribution in [2.75, 3.05) is 5.32 Å². The fourth-order valence-electron chi connectivity index (χ4n) is 2.02. The highest BCUT2D eigenvalue weighted by Crippen LogP contribution is 2.25. The van der Waals surface area contributed by atoms with E-state index in [4.69, 9.17) is 8.83 Å². The average molecular weight is 297 g/mol. The second kappa shape index (κ2) is 6.26. The number of anilines is 1. The Labute approximate surface area is 127 Å². The molecule has 22 heavy (non-hydrogen) atoms. The molecular formula is C16H15N3O3. The Hall–Kier alpha value is -2.89. The standard InChI is InChI=1S/C16H15N3O3/c1-2-3-15(20)18-14-8-13(11-4-6-21-9-11)17-16(19-14)12-5-7-22-10-12/h4-10H,2-3H2,1H3,(H,17,18,19,20). The second-order valence-electron chi connectivity index (χ2n) is 4.78. The molecule has 0 aliphatic carbocycles. The lowest BCUT2D eigenvalue weighted by molar-refractivity contribution is -0.116. The van der Waals surface area contributed by atoms with Crippen molar-refractivity contribution in [3.63, 3.8) is 0 Å². The number of carbonyl (C=O) groups excluding carboxylic acids is 1.